The number of carbonyl (C=O) groups is 1. The van der Waals surface area contributed by atoms with Crippen molar-refractivity contribution >= 4 is 17.7 Å². The van der Waals surface area contributed by atoms with E-state index in [1.807, 2.05) is 18.2 Å². The van der Waals surface area contributed by atoms with Gasteiger partial charge < -0.3 is 14.0 Å². The lowest BCUT2D eigenvalue weighted by atomic mass is 10.1. The predicted octanol–water partition coefficient (Wildman–Crippen LogP) is 3.40. The van der Waals surface area contributed by atoms with Crippen molar-refractivity contribution in [3.8, 4) is 0 Å². The van der Waals surface area contributed by atoms with Gasteiger partial charge >= 0.3 is 5.97 Å². The summed E-state index contributed by atoms with van der Waals surface area (Å²) in [7, 11) is 0. The van der Waals surface area contributed by atoms with Gasteiger partial charge in [-0.2, -0.15) is 4.98 Å². The molecule has 2 heterocycles. The molecule has 0 spiro atoms. The minimum Gasteiger partial charge on any atom is -0.459 e. The van der Waals surface area contributed by atoms with Gasteiger partial charge in [-0.3, -0.25) is 0 Å². The Morgan fingerprint density at radius 2 is 2.25 bits per heavy atom. The van der Waals surface area contributed by atoms with Crippen LogP contribution in [0.3, 0.4) is 0 Å². The van der Waals surface area contributed by atoms with Crippen LogP contribution in [0.1, 0.15) is 41.3 Å². The van der Waals surface area contributed by atoms with E-state index < -0.39 is 0 Å². The van der Waals surface area contributed by atoms with Crippen molar-refractivity contribution in [2.45, 2.75) is 42.9 Å². The van der Waals surface area contributed by atoms with Crippen molar-refractivity contribution in [3.05, 3.63) is 41.5 Å². The number of aryl methyl sites for hydroxylation is 1. The fourth-order valence-corrected chi connectivity index (χ4v) is 3.36. The Balaban J connectivity index is 1.58. The van der Waals surface area contributed by atoms with Crippen molar-refractivity contribution in [2.24, 2.45) is 0 Å². The number of carbonyl (C=O) groups excluding carboxylic acids is 1. The molecule has 0 bridgehead atoms. The maximum Gasteiger partial charge on any atom is 0.339 e. The molecule has 2 aromatic rings. The summed E-state index contributed by atoms with van der Waals surface area (Å²) in [4.78, 5) is 17.4. The molecule has 1 aromatic heterocycles. The van der Waals surface area contributed by atoms with Crippen LogP contribution in [0.15, 0.2) is 33.7 Å². The van der Waals surface area contributed by atoms with Crippen LogP contribution in [-0.4, -0.2) is 35.4 Å². The molecular weight excluding hydrogens is 328 g/mol. The maximum absolute atomic E-state index is 12.4. The predicted molar refractivity (Wildman–Crippen MR) is 88.9 cm³/mol. The molecule has 1 fully saturated rings. The highest BCUT2D eigenvalue weighted by molar-refractivity contribution is 7.98. The summed E-state index contributed by atoms with van der Waals surface area (Å²) in [6, 6.07) is 7.38. The maximum atomic E-state index is 12.4. The number of ether oxygens (including phenoxy) is 2. The second-order valence-corrected chi connectivity index (χ2v) is 6.62. The monoisotopic (exact) mass is 348 g/mol. The van der Waals surface area contributed by atoms with Crippen LogP contribution in [0.4, 0.5) is 0 Å². The number of esters is 1. The third-order valence-corrected chi connectivity index (χ3v) is 4.76. The summed E-state index contributed by atoms with van der Waals surface area (Å²) < 4.78 is 16.1. The second kappa shape index (κ2) is 8.30. The zero-order valence-electron chi connectivity index (χ0n) is 13.6. The van der Waals surface area contributed by atoms with Crippen molar-refractivity contribution in [2.75, 3.05) is 13.2 Å². The van der Waals surface area contributed by atoms with Crippen LogP contribution < -0.4 is 0 Å². The smallest absolute Gasteiger partial charge is 0.339 e. The van der Waals surface area contributed by atoms with Gasteiger partial charge in [0.25, 0.3) is 0 Å². The van der Waals surface area contributed by atoms with Gasteiger partial charge in [0.15, 0.2) is 5.82 Å². The lowest BCUT2D eigenvalue weighted by Crippen LogP contribution is -2.26. The fraction of sp³-hybridized carbons (Fsp3) is 0.471. The van der Waals surface area contributed by atoms with Gasteiger partial charge in [-0.25, -0.2) is 4.79 Å². The van der Waals surface area contributed by atoms with Crippen LogP contribution in [0.5, 0.6) is 0 Å². The summed E-state index contributed by atoms with van der Waals surface area (Å²) in [6.45, 7) is 2.83. The molecule has 1 aliphatic rings. The van der Waals surface area contributed by atoms with Gasteiger partial charge in [-0.1, -0.05) is 17.3 Å². The normalized spacial score (nSPS) is 17.6. The van der Waals surface area contributed by atoms with Gasteiger partial charge in [-0.15, -0.1) is 11.8 Å². The van der Waals surface area contributed by atoms with Crippen LogP contribution >= 0.6 is 11.8 Å². The molecule has 0 aliphatic carbocycles. The molecule has 3 rings (SSSR count). The Kier molecular flexibility index (Phi) is 5.87. The first-order valence-electron chi connectivity index (χ1n) is 8.02. The third-order valence-electron chi connectivity index (χ3n) is 3.70. The minimum atomic E-state index is -0.325. The van der Waals surface area contributed by atoms with Crippen LogP contribution in [-0.2, 0) is 15.2 Å². The van der Waals surface area contributed by atoms with Crippen molar-refractivity contribution < 1.29 is 18.8 Å². The number of aromatic nitrogens is 2. The highest BCUT2D eigenvalue weighted by Gasteiger charge is 2.19. The average Bonchev–Trinajstić information content (AvgIpc) is 3.04. The SMILES string of the molecule is Cc1noc(CSc2ccccc2C(=O)OCC2CCCCO2)n1. The molecule has 1 aromatic carbocycles. The Labute approximate surface area is 144 Å². The van der Waals surface area contributed by atoms with E-state index in [1.165, 1.54) is 11.8 Å². The summed E-state index contributed by atoms with van der Waals surface area (Å²) in [5.74, 6) is 1.33. The number of hydrogen-bond acceptors (Lipinski definition) is 7. The number of thioether (sulfide) groups is 1. The van der Waals surface area contributed by atoms with E-state index in [2.05, 4.69) is 10.1 Å². The Bertz CT molecular complexity index is 683. The molecule has 0 radical (unpaired) electrons. The quantitative estimate of drug-likeness (QED) is 0.585. The average molecular weight is 348 g/mol. The molecule has 1 unspecified atom stereocenters. The van der Waals surface area contributed by atoms with Gasteiger partial charge in [0.1, 0.15) is 6.61 Å². The molecule has 6 nitrogen and oxygen atoms in total. The lowest BCUT2D eigenvalue weighted by molar-refractivity contribution is -0.0301. The molecule has 1 aliphatic heterocycles. The first-order valence-corrected chi connectivity index (χ1v) is 9.00. The highest BCUT2D eigenvalue weighted by Crippen LogP contribution is 2.26. The molecule has 24 heavy (non-hydrogen) atoms. The second-order valence-electron chi connectivity index (χ2n) is 5.61. The zero-order chi connectivity index (χ0) is 16.8. The van der Waals surface area contributed by atoms with Crippen molar-refractivity contribution in [1.82, 2.24) is 10.1 Å². The van der Waals surface area contributed by atoms with E-state index in [9.17, 15) is 4.79 Å². The summed E-state index contributed by atoms with van der Waals surface area (Å²) >= 11 is 1.47. The first-order chi connectivity index (χ1) is 11.7. The molecule has 0 N–H and O–H groups in total. The first kappa shape index (κ1) is 17.0. The number of rotatable bonds is 6. The minimum absolute atomic E-state index is 0.0175. The third kappa shape index (κ3) is 4.58. The molecule has 7 heteroatoms. The van der Waals surface area contributed by atoms with E-state index in [0.717, 1.165) is 30.8 Å². The number of benzene rings is 1. The lowest BCUT2D eigenvalue weighted by Gasteiger charge is -2.22. The Hall–Kier alpha value is -1.86. The Morgan fingerprint density at radius 1 is 1.38 bits per heavy atom. The van der Waals surface area contributed by atoms with Gasteiger partial charge in [0.05, 0.1) is 17.4 Å². The van der Waals surface area contributed by atoms with Gasteiger partial charge in [-0.05, 0) is 38.3 Å². The molecule has 0 saturated carbocycles. The van der Waals surface area contributed by atoms with Gasteiger partial charge in [0.2, 0.25) is 5.89 Å². The number of nitrogens with zero attached hydrogens (tertiary/aromatic N) is 2. The van der Waals surface area contributed by atoms with E-state index >= 15 is 0 Å². The zero-order valence-corrected chi connectivity index (χ0v) is 14.4. The standard InChI is InChI=1S/C17H20N2O4S/c1-12-18-16(23-19-12)11-24-15-8-3-2-7-14(15)17(20)22-10-13-6-4-5-9-21-13/h2-3,7-8,13H,4-6,9-11H2,1H3. The Morgan fingerprint density at radius 3 is 3.00 bits per heavy atom. The van der Waals surface area contributed by atoms with Crippen molar-refractivity contribution in [3.63, 3.8) is 0 Å². The van der Waals surface area contributed by atoms with Crippen LogP contribution in [0, 0.1) is 6.92 Å². The van der Waals surface area contributed by atoms with E-state index in [0.29, 0.717) is 29.6 Å². The number of hydrogen-bond donors (Lipinski definition) is 0. The van der Waals surface area contributed by atoms with E-state index in [-0.39, 0.29) is 12.1 Å². The summed E-state index contributed by atoms with van der Waals surface area (Å²) in [5.41, 5.74) is 0.551. The van der Waals surface area contributed by atoms with Crippen molar-refractivity contribution in [1.29, 1.82) is 0 Å². The van der Waals surface area contributed by atoms with E-state index in [4.69, 9.17) is 14.0 Å². The van der Waals surface area contributed by atoms with Crippen LogP contribution in [0.25, 0.3) is 0 Å². The fourth-order valence-electron chi connectivity index (χ4n) is 2.48. The molecule has 128 valence electrons. The topological polar surface area (TPSA) is 74.5 Å². The highest BCUT2D eigenvalue weighted by atomic mass is 32.2. The molecule has 0 amide bonds. The largest absolute Gasteiger partial charge is 0.459 e. The molecular formula is C17H20N2O4S. The van der Waals surface area contributed by atoms with E-state index in [1.54, 1.807) is 13.0 Å². The summed E-state index contributed by atoms with van der Waals surface area (Å²) in [5, 5.41) is 3.76. The van der Waals surface area contributed by atoms with Gasteiger partial charge in [0, 0.05) is 11.5 Å². The van der Waals surface area contributed by atoms with Crippen LogP contribution in [0.2, 0.25) is 0 Å². The molecule has 1 atom stereocenters. The molecule has 1 saturated heterocycles. The summed E-state index contributed by atoms with van der Waals surface area (Å²) in [6.07, 6.45) is 3.17.